The van der Waals surface area contributed by atoms with E-state index in [4.69, 9.17) is 5.11 Å². The molecule has 0 bridgehead atoms. The molecule has 0 atom stereocenters. The summed E-state index contributed by atoms with van der Waals surface area (Å²) in [6.45, 7) is 2.06. The number of aliphatic hydroxyl groups is 1. The highest BCUT2D eigenvalue weighted by Crippen LogP contribution is 2.15. The van der Waals surface area contributed by atoms with Crippen LogP contribution in [0.1, 0.15) is 27.9 Å². The third kappa shape index (κ3) is 3.36. The molecular formula is C13H15N3O2S. The maximum atomic E-state index is 12.0. The first kappa shape index (κ1) is 13.6. The number of hydrogen-bond donors (Lipinski definition) is 2. The highest BCUT2D eigenvalue weighted by Gasteiger charge is 2.14. The summed E-state index contributed by atoms with van der Waals surface area (Å²) in [5, 5.41) is 15.6. The normalized spacial score (nSPS) is 10.4. The van der Waals surface area contributed by atoms with E-state index < -0.39 is 0 Å². The van der Waals surface area contributed by atoms with Crippen LogP contribution >= 0.6 is 11.5 Å². The summed E-state index contributed by atoms with van der Waals surface area (Å²) in [5.41, 5.74) is 2.48. The lowest BCUT2D eigenvalue weighted by atomic mass is 10.1. The first-order chi connectivity index (χ1) is 9.24. The Labute approximate surface area is 115 Å². The van der Waals surface area contributed by atoms with Crippen LogP contribution in [0.15, 0.2) is 24.3 Å². The van der Waals surface area contributed by atoms with Gasteiger partial charge in [0.2, 0.25) is 0 Å². The monoisotopic (exact) mass is 277 g/mol. The lowest BCUT2D eigenvalue weighted by Crippen LogP contribution is -2.12. The van der Waals surface area contributed by atoms with Crippen LogP contribution in [0.25, 0.3) is 0 Å². The summed E-state index contributed by atoms with van der Waals surface area (Å²) in [5.74, 6) is -0.179. The van der Waals surface area contributed by atoms with E-state index in [0.717, 1.165) is 28.5 Å². The van der Waals surface area contributed by atoms with Crippen molar-refractivity contribution in [1.29, 1.82) is 0 Å². The Morgan fingerprint density at radius 1 is 1.37 bits per heavy atom. The van der Waals surface area contributed by atoms with Crippen molar-refractivity contribution in [3.8, 4) is 0 Å². The first-order valence-electron chi connectivity index (χ1n) is 6.07. The van der Waals surface area contributed by atoms with Crippen LogP contribution in [0.4, 0.5) is 5.69 Å². The zero-order valence-electron chi connectivity index (χ0n) is 10.6. The molecule has 0 spiro atoms. The van der Waals surface area contributed by atoms with Crippen molar-refractivity contribution in [1.82, 2.24) is 9.59 Å². The van der Waals surface area contributed by atoms with Crippen LogP contribution in [-0.2, 0) is 12.8 Å². The highest BCUT2D eigenvalue weighted by molar-refractivity contribution is 7.08. The van der Waals surface area contributed by atoms with E-state index in [2.05, 4.69) is 14.9 Å². The molecule has 0 aliphatic rings. The van der Waals surface area contributed by atoms with Gasteiger partial charge < -0.3 is 10.4 Å². The molecule has 0 aliphatic heterocycles. The molecule has 100 valence electrons. The smallest absolute Gasteiger partial charge is 0.269 e. The summed E-state index contributed by atoms with van der Waals surface area (Å²) >= 11 is 1.11. The molecule has 2 aromatic rings. The van der Waals surface area contributed by atoms with Gasteiger partial charge in [-0.15, -0.1) is 5.10 Å². The van der Waals surface area contributed by atoms with Crippen LogP contribution in [0.5, 0.6) is 0 Å². The molecule has 0 saturated heterocycles. The molecule has 2 rings (SSSR count). The van der Waals surface area contributed by atoms with Crippen LogP contribution in [0, 0.1) is 0 Å². The van der Waals surface area contributed by atoms with E-state index in [0.29, 0.717) is 17.7 Å². The van der Waals surface area contributed by atoms with E-state index in [9.17, 15) is 4.79 Å². The van der Waals surface area contributed by atoms with Crippen molar-refractivity contribution in [2.24, 2.45) is 0 Å². The van der Waals surface area contributed by atoms with Crippen LogP contribution in [0.2, 0.25) is 0 Å². The topological polar surface area (TPSA) is 75.1 Å². The fourth-order valence-electron chi connectivity index (χ4n) is 1.68. The van der Waals surface area contributed by atoms with Gasteiger partial charge in [-0.05, 0) is 42.1 Å². The summed E-state index contributed by atoms with van der Waals surface area (Å²) < 4.78 is 3.80. The predicted octanol–water partition coefficient (Wildman–Crippen LogP) is 1.89. The minimum Gasteiger partial charge on any atom is -0.396 e. The van der Waals surface area contributed by atoms with Gasteiger partial charge >= 0.3 is 0 Å². The van der Waals surface area contributed by atoms with Crippen molar-refractivity contribution in [2.75, 3.05) is 11.9 Å². The number of amides is 1. The zero-order valence-corrected chi connectivity index (χ0v) is 11.4. The van der Waals surface area contributed by atoms with Gasteiger partial charge in [0.15, 0.2) is 0 Å². The molecule has 0 radical (unpaired) electrons. The second-order valence-corrected chi connectivity index (χ2v) is 4.78. The standard InChI is InChI=1S/C13H15N3O2S/c1-2-11-12(19-16-15-11)13(18)14-10-5-3-9(4-6-10)7-8-17/h3-6,17H,2,7-8H2,1H3,(H,14,18). The summed E-state index contributed by atoms with van der Waals surface area (Å²) in [6.07, 6.45) is 1.31. The number of benzene rings is 1. The number of aliphatic hydroxyl groups excluding tert-OH is 1. The average Bonchev–Trinajstić information content (AvgIpc) is 2.90. The molecule has 2 N–H and O–H groups in total. The van der Waals surface area contributed by atoms with Crippen molar-refractivity contribution in [3.05, 3.63) is 40.4 Å². The Morgan fingerprint density at radius 2 is 2.11 bits per heavy atom. The van der Waals surface area contributed by atoms with Crippen molar-refractivity contribution < 1.29 is 9.90 Å². The fourth-order valence-corrected chi connectivity index (χ4v) is 2.33. The van der Waals surface area contributed by atoms with E-state index in [1.807, 2.05) is 31.2 Å². The van der Waals surface area contributed by atoms with Crippen LogP contribution in [-0.4, -0.2) is 27.2 Å². The third-order valence-electron chi connectivity index (χ3n) is 2.71. The molecule has 1 aromatic carbocycles. The molecule has 0 aliphatic carbocycles. The zero-order chi connectivity index (χ0) is 13.7. The minimum absolute atomic E-state index is 0.123. The third-order valence-corrected chi connectivity index (χ3v) is 3.48. The highest BCUT2D eigenvalue weighted by atomic mass is 32.1. The van der Waals surface area contributed by atoms with E-state index in [-0.39, 0.29) is 12.5 Å². The molecule has 0 fully saturated rings. The van der Waals surface area contributed by atoms with E-state index in [1.165, 1.54) is 0 Å². The Bertz CT molecular complexity index is 551. The lowest BCUT2D eigenvalue weighted by Gasteiger charge is -2.05. The quantitative estimate of drug-likeness (QED) is 0.875. The number of nitrogens with zero attached hydrogens (tertiary/aromatic N) is 2. The minimum atomic E-state index is -0.179. The largest absolute Gasteiger partial charge is 0.396 e. The number of rotatable bonds is 5. The SMILES string of the molecule is CCc1nnsc1C(=O)Nc1ccc(CCO)cc1. The number of aryl methyl sites for hydroxylation is 1. The first-order valence-corrected chi connectivity index (χ1v) is 6.84. The average molecular weight is 277 g/mol. The second-order valence-electron chi connectivity index (χ2n) is 4.03. The number of aromatic nitrogens is 2. The number of nitrogens with one attached hydrogen (secondary N) is 1. The Hall–Kier alpha value is -1.79. The van der Waals surface area contributed by atoms with Crippen molar-refractivity contribution in [2.45, 2.75) is 19.8 Å². The van der Waals surface area contributed by atoms with Crippen LogP contribution < -0.4 is 5.32 Å². The molecule has 1 aromatic heterocycles. The summed E-state index contributed by atoms with van der Waals surface area (Å²) in [6, 6.07) is 7.42. The number of carbonyl (C=O) groups excluding carboxylic acids is 1. The number of hydrogen-bond acceptors (Lipinski definition) is 5. The van der Waals surface area contributed by atoms with Gasteiger partial charge in [0, 0.05) is 12.3 Å². The maximum Gasteiger partial charge on any atom is 0.269 e. The van der Waals surface area contributed by atoms with Gasteiger partial charge in [-0.2, -0.15) is 0 Å². The fraction of sp³-hybridized carbons (Fsp3) is 0.308. The van der Waals surface area contributed by atoms with Gasteiger partial charge in [-0.3, -0.25) is 4.79 Å². The number of anilines is 1. The summed E-state index contributed by atoms with van der Waals surface area (Å²) in [4.78, 5) is 12.6. The lowest BCUT2D eigenvalue weighted by molar-refractivity contribution is 0.102. The maximum absolute atomic E-state index is 12.0. The van der Waals surface area contributed by atoms with Gasteiger partial charge in [0.1, 0.15) is 4.88 Å². The second kappa shape index (κ2) is 6.40. The summed E-state index contributed by atoms with van der Waals surface area (Å²) in [7, 11) is 0. The molecule has 0 saturated carbocycles. The van der Waals surface area contributed by atoms with Gasteiger partial charge in [-0.1, -0.05) is 23.5 Å². The van der Waals surface area contributed by atoms with Gasteiger partial charge in [0.25, 0.3) is 5.91 Å². The molecule has 0 unspecified atom stereocenters. The van der Waals surface area contributed by atoms with Crippen molar-refractivity contribution >= 4 is 23.1 Å². The Morgan fingerprint density at radius 3 is 2.74 bits per heavy atom. The molecular weight excluding hydrogens is 262 g/mol. The predicted molar refractivity (Wildman–Crippen MR) is 74.5 cm³/mol. The Balaban J connectivity index is 2.06. The molecule has 5 nitrogen and oxygen atoms in total. The molecule has 6 heteroatoms. The van der Waals surface area contributed by atoms with E-state index in [1.54, 1.807) is 0 Å². The van der Waals surface area contributed by atoms with E-state index >= 15 is 0 Å². The van der Waals surface area contributed by atoms with Gasteiger partial charge in [0.05, 0.1) is 5.69 Å². The Kier molecular flexibility index (Phi) is 4.59. The van der Waals surface area contributed by atoms with Crippen LogP contribution in [0.3, 0.4) is 0 Å². The van der Waals surface area contributed by atoms with Crippen molar-refractivity contribution in [3.63, 3.8) is 0 Å². The van der Waals surface area contributed by atoms with Gasteiger partial charge in [-0.25, -0.2) is 0 Å². The number of carbonyl (C=O) groups is 1. The molecule has 1 amide bonds. The molecule has 1 heterocycles. The molecule has 19 heavy (non-hydrogen) atoms.